The van der Waals surface area contributed by atoms with Gasteiger partial charge < -0.3 is 20.3 Å². The number of aromatic nitrogens is 3. The maximum Gasteiger partial charge on any atom is 0.271 e. The Bertz CT molecular complexity index is 2070. The molecule has 1 saturated heterocycles. The minimum atomic E-state index is -4.00. The molecule has 53 heavy (non-hydrogen) atoms. The van der Waals surface area contributed by atoms with Crippen LogP contribution in [0, 0.1) is 11.7 Å². The van der Waals surface area contributed by atoms with Crippen molar-refractivity contribution in [1.29, 1.82) is 0 Å². The number of allylic oxidation sites excluding steroid dienone is 1. The van der Waals surface area contributed by atoms with Gasteiger partial charge in [-0.05, 0) is 64.0 Å². The third-order valence-corrected chi connectivity index (χ3v) is 13.5. The molecule has 2 aliphatic carbocycles. The lowest BCUT2D eigenvalue weighted by atomic mass is 10.0. The molecule has 0 radical (unpaired) electrons. The number of carbonyl (C=O) groups excluding carboxylic acids is 4. The van der Waals surface area contributed by atoms with Crippen LogP contribution < -0.4 is 20.1 Å². The van der Waals surface area contributed by atoms with Gasteiger partial charge in [0.25, 0.3) is 11.8 Å². The molecule has 3 aromatic rings. The van der Waals surface area contributed by atoms with Gasteiger partial charge in [-0.3, -0.25) is 23.9 Å². The van der Waals surface area contributed by atoms with Crippen LogP contribution in [0.1, 0.15) is 87.8 Å². The maximum atomic E-state index is 14.5. The lowest BCUT2D eigenvalue weighted by molar-refractivity contribution is -0.141. The number of sulfonamides is 1. The van der Waals surface area contributed by atoms with Crippen molar-refractivity contribution in [2.24, 2.45) is 5.92 Å². The summed E-state index contributed by atoms with van der Waals surface area (Å²) in [5, 5.41) is 7.26. The van der Waals surface area contributed by atoms with E-state index in [0.717, 1.165) is 12.8 Å². The Morgan fingerprint density at radius 3 is 2.70 bits per heavy atom. The summed E-state index contributed by atoms with van der Waals surface area (Å²) in [5.74, 6) is -3.32. The van der Waals surface area contributed by atoms with E-state index in [4.69, 9.17) is 4.74 Å². The summed E-state index contributed by atoms with van der Waals surface area (Å²) in [6.45, 7) is 3.37. The third-order valence-electron chi connectivity index (χ3n) is 10.7. The molecule has 0 bridgehead atoms. The minimum Gasteiger partial charge on any atom is -0.471 e. The molecule has 1 aromatic carbocycles. The summed E-state index contributed by atoms with van der Waals surface area (Å²) < 4.78 is 47.9. The Morgan fingerprint density at radius 1 is 1.15 bits per heavy atom. The number of nitrogens with zero attached hydrogens (tertiary/aromatic N) is 4. The minimum absolute atomic E-state index is 0.00901. The normalized spacial score (nSPS) is 27.1. The van der Waals surface area contributed by atoms with E-state index in [1.807, 2.05) is 19.1 Å². The van der Waals surface area contributed by atoms with Gasteiger partial charge in [0.1, 0.15) is 40.9 Å². The second-order valence-corrected chi connectivity index (χ2v) is 17.5. The molecule has 4 aliphatic rings. The van der Waals surface area contributed by atoms with Gasteiger partial charge in [-0.15, -0.1) is 11.3 Å². The average molecular weight is 768 g/mol. The zero-order valence-corrected chi connectivity index (χ0v) is 31.1. The number of hydrogen-bond acceptors (Lipinski definition) is 11. The van der Waals surface area contributed by atoms with Crippen LogP contribution in [0.3, 0.4) is 0 Å². The molecular formula is C36H42FN7O7S2. The SMILES string of the molecule is CCc1nc2ccc(F)cc2nc1O[C@@H]1C[C@H]2C(=O)N[C@]3(C(=O)NS(=O)(=O)C4(C)CC4)C[C@H]3C=CCCCCC[C@H](NC(=O)c3cscn3)C(=O)N2C1. The first kappa shape index (κ1) is 36.8. The predicted octanol–water partition coefficient (Wildman–Crippen LogP) is 3.33. The Hall–Kier alpha value is -4.51. The molecular weight excluding hydrogens is 726 g/mol. The monoisotopic (exact) mass is 767 g/mol. The fraction of sp³-hybridized carbons (Fsp3) is 0.528. The second-order valence-electron chi connectivity index (χ2n) is 14.6. The van der Waals surface area contributed by atoms with Crippen LogP contribution in [0.25, 0.3) is 11.0 Å². The molecule has 0 unspecified atom stereocenters. The molecule has 4 heterocycles. The number of carbonyl (C=O) groups is 4. The number of ether oxygens (including phenoxy) is 1. The predicted molar refractivity (Wildman–Crippen MR) is 193 cm³/mol. The van der Waals surface area contributed by atoms with Gasteiger partial charge in [-0.2, -0.15) is 0 Å². The zero-order valence-electron chi connectivity index (χ0n) is 29.5. The van der Waals surface area contributed by atoms with E-state index in [0.29, 0.717) is 49.7 Å². The van der Waals surface area contributed by atoms with Crippen LogP contribution in [-0.4, -0.2) is 86.9 Å². The summed E-state index contributed by atoms with van der Waals surface area (Å²) in [7, 11) is -4.00. The Balaban J connectivity index is 1.20. The molecule has 4 amide bonds. The average Bonchev–Trinajstić information content (AvgIpc) is 3.87. The summed E-state index contributed by atoms with van der Waals surface area (Å²) in [6, 6.07) is 1.92. The topological polar surface area (TPSA) is 190 Å². The van der Waals surface area contributed by atoms with Crippen molar-refractivity contribution < 1.29 is 36.7 Å². The lowest BCUT2D eigenvalue weighted by Crippen LogP contribution is -2.58. The first-order chi connectivity index (χ1) is 25.3. The molecule has 2 aromatic heterocycles. The summed E-state index contributed by atoms with van der Waals surface area (Å²) in [4.78, 5) is 70.4. The van der Waals surface area contributed by atoms with Crippen molar-refractivity contribution in [3.8, 4) is 5.88 Å². The molecule has 17 heteroatoms. The molecule has 7 rings (SSSR count). The van der Waals surface area contributed by atoms with E-state index in [1.54, 1.807) is 12.3 Å². The number of benzene rings is 1. The number of halogens is 1. The van der Waals surface area contributed by atoms with Gasteiger partial charge in [-0.25, -0.2) is 27.8 Å². The summed E-state index contributed by atoms with van der Waals surface area (Å²) in [6.07, 6.45) is 7.60. The van der Waals surface area contributed by atoms with Crippen LogP contribution in [0.15, 0.2) is 41.2 Å². The fourth-order valence-corrected chi connectivity index (χ4v) is 8.88. The Morgan fingerprint density at radius 2 is 1.96 bits per heavy atom. The molecule has 2 saturated carbocycles. The first-order valence-corrected chi connectivity index (χ1v) is 20.4. The highest BCUT2D eigenvalue weighted by atomic mass is 32.2. The van der Waals surface area contributed by atoms with Crippen molar-refractivity contribution in [2.45, 2.75) is 107 Å². The molecule has 5 atom stereocenters. The van der Waals surface area contributed by atoms with Gasteiger partial charge in [0.2, 0.25) is 27.7 Å². The van der Waals surface area contributed by atoms with E-state index in [-0.39, 0.29) is 36.5 Å². The third kappa shape index (κ3) is 7.50. The number of amides is 4. The van der Waals surface area contributed by atoms with E-state index in [9.17, 15) is 32.0 Å². The van der Waals surface area contributed by atoms with Gasteiger partial charge in [0.05, 0.1) is 27.8 Å². The molecule has 282 valence electrons. The highest BCUT2D eigenvalue weighted by Crippen LogP contribution is 2.47. The van der Waals surface area contributed by atoms with Crippen molar-refractivity contribution in [2.75, 3.05) is 6.54 Å². The van der Waals surface area contributed by atoms with Crippen LogP contribution in [-0.2, 0) is 30.8 Å². The van der Waals surface area contributed by atoms with Crippen LogP contribution in [0.2, 0.25) is 0 Å². The van der Waals surface area contributed by atoms with Crippen LogP contribution in [0.4, 0.5) is 4.39 Å². The Labute approximate surface area is 310 Å². The number of rotatable bonds is 8. The highest BCUT2D eigenvalue weighted by Gasteiger charge is 2.63. The smallest absolute Gasteiger partial charge is 0.271 e. The number of nitrogens with one attached hydrogen (secondary N) is 3. The van der Waals surface area contributed by atoms with Crippen LogP contribution in [0.5, 0.6) is 5.88 Å². The fourth-order valence-electron chi connectivity index (χ4n) is 7.03. The largest absolute Gasteiger partial charge is 0.471 e. The molecule has 0 spiro atoms. The van der Waals surface area contributed by atoms with E-state index >= 15 is 0 Å². The maximum absolute atomic E-state index is 14.5. The first-order valence-electron chi connectivity index (χ1n) is 18.0. The van der Waals surface area contributed by atoms with Crippen molar-refractivity contribution >= 4 is 56.0 Å². The van der Waals surface area contributed by atoms with Crippen molar-refractivity contribution in [3.05, 3.63) is 58.4 Å². The molecule has 14 nitrogen and oxygen atoms in total. The van der Waals surface area contributed by atoms with Crippen LogP contribution >= 0.6 is 11.3 Å². The Kier molecular flexibility index (Phi) is 9.99. The van der Waals surface area contributed by atoms with E-state index in [1.165, 1.54) is 39.9 Å². The van der Waals surface area contributed by atoms with Gasteiger partial charge in [0.15, 0.2) is 0 Å². The second kappa shape index (κ2) is 14.4. The quantitative estimate of drug-likeness (QED) is 0.287. The standard InChI is InChI=1S/C36H42FN7O7S2/c1-3-24-32(41-27-15-22(37)11-12-25(27)39-24)51-23-16-29-31(46)42-36(34(48)43-53(49,50)35(2)13-14-35)17-21(36)9-7-5-4-6-8-10-26(33(47)44(29)18-23)40-30(45)28-19-52-20-38-28/h7,9,11-12,15,19-21,23,26,29H,3-6,8,10,13-14,16-18H2,1-2H3,(H,40,45)(H,42,46)(H,43,48)/t21-,23-,26+,29+,36-/m1/s1. The van der Waals surface area contributed by atoms with Gasteiger partial charge in [0, 0.05) is 23.8 Å². The number of aryl methyl sites for hydroxylation is 1. The zero-order chi connectivity index (χ0) is 37.5. The molecule has 3 N–H and O–H groups in total. The van der Waals surface area contributed by atoms with E-state index < -0.39 is 73.9 Å². The van der Waals surface area contributed by atoms with Gasteiger partial charge >= 0.3 is 0 Å². The lowest BCUT2D eigenvalue weighted by Gasteiger charge is -2.30. The summed E-state index contributed by atoms with van der Waals surface area (Å²) >= 11 is 1.25. The highest BCUT2D eigenvalue weighted by molar-refractivity contribution is 7.91. The van der Waals surface area contributed by atoms with Gasteiger partial charge in [-0.1, -0.05) is 31.9 Å². The summed E-state index contributed by atoms with van der Waals surface area (Å²) in [5.41, 5.74) is 1.41. The molecule has 3 fully saturated rings. The molecule has 2 aliphatic heterocycles. The van der Waals surface area contributed by atoms with Crippen molar-refractivity contribution in [3.63, 3.8) is 0 Å². The number of hydrogen-bond donors (Lipinski definition) is 3. The van der Waals surface area contributed by atoms with E-state index in [2.05, 4.69) is 30.3 Å². The number of fused-ring (bicyclic) bond motifs is 3. The van der Waals surface area contributed by atoms with Crippen molar-refractivity contribution in [1.82, 2.24) is 35.2 Å². The number of thiazole rings is 1.